The summed E-state index contributed by atoms with van der Waals surface area (Å²) in [6.07, 6.45) is 1.72. The Bertz CT molecular complexity index is 405. The van der Waals surface area contributed by atoms with Crippen LogP contribution < -0.4 is 4.90 Å². The molecule has 0 saturated carbocycles. The number of hydrogen-bond acceptors (Lipinski definition) is 3. The summed E-state index contributed by atoms with van der Waals surface area (Å²) in [5.74, 6) is 0.994. The van der Waals surface area contributed by atoms with Crippen LogP contribution in [0.4, 0.5) is 5.82 Å². The van der Waals surface area contributed by atoms with Gasteiger partial charge in [-0.15, -0.1) is 0 Å². The summed E-state index contributed by atoms with van der Waals surface area (Å²) < 4.78 is 0.862. The molecule has 0 atom stereocenters. The molecular formula is C11H14BrClN2O. The first-order valence-corrected chi connectivity index (χ1v) is 6.38. The molecule has 1 N–H and O–H groups in total. The van der Waals surface area contributed by atoms with Gasteiger partial charge >= 0.3 is 0 Å². The highest BCUT2D eigenvalue weighted by Crippen LogP contribution is 2.35. The topological polar surface area (TPSA) is 36.4 Å². The Morgan fingerprint density at radius 2 is 2.19 bits per heavy atom. The molecule has 1 aliphatic heterocycles. The minimum Gasteiger partial charge on any atom is -0.386 e. The van der Waals surface area contributed by atoms with Crippen LogP contribution in [-0.4, -0.2) is 28.8 Å². The van der Waals surface area contributed by atoms with Gasteiger partial charge in [-0.1, -0.05) is 25.4 Å². The second-order valence-electron chi connectivity index (χ2n) is 4.57. The molecule has 0 amide bonds. The van der Waals surface area contributed by atoms with Gasteiger partial charge in [0.15, 0.2) is 0 Å². The van der Waals surface area contributed by atoms with Crippen LogP contribution in [-0.2, 0) is 0 Å². The molecule has 1 aromatic heterocycles. The van der Waals surface area contributed by atoms with Crippen molar-refractivity contribution in [2.75, 3.05) is 18.0 Å². The van der Waals surface area contributed by atoms with Gasteiger partial charge in [-0.2, -0.15) is 0 Å². The van der Waals surface area contributed by atoms with Crippen molar-refractivity contribution in [3.05, 3.63) is 21.8 Å². The Labute approximate surface area is 109 Å². The van der Waals surface area contributed by atoms with E-state index in [4.69, 9.17) is 11.6 Å². The third kappa shape index (κ3) is 2.06. The first-order valence-electron chi connectivity index (χ1n) is 5.21. The lowest BCUT2D eigenvalue weighted by Crippen LogP contribution is -2.65. The first-order chi connectivity index (χ1) is 7.42. The number of aromatic nitrogens is 1. The smallest absolute Gasteiger partial charge is 0.147 e. The van der Waals surface area contributed by atoms with Crippen molar-refractivity contribution in [1.29, 1.82) is 0 Å². The quantitative estimate of drug-likeness (QED) is 0.912. The molecule has 2 rings (SSSR count). The van der Waals surface area contributed by atoms with Gasteiger partial charge in [0.1, 0.15) is 11.4 Å². The summed E-state index contributed by atoms with van der Waals surface area (Å²) >= 11 is 9.41. The summed E-state index contributed by atoms with van der Waals surface area (Å²) in [7, 11) is 0. The molecule has 0 bridgehead atoms. The molecule has 3 nitrogen and oxygen atoms in total. The predicted molar refractivity (Wildman–Crippen MR) is 68.9 cm³/mol. The van der Waals surface area contributed by atoms with Crippen LogP contribution in [0.15, 0.2) is 16.7 Å². The van der Waals surface area contributed by atoms with Gasteiger partial charge in [0.2, 0.25) is 0 Å². The average molecular weight is 306 g/mol. The number of β-amino-alcohol motifs (C(OH)–C–C–N with tert-alkyl or cyclic N) is 1. The molecule has 5 heteroatoms. The maximum Gasteiger partial charge on any atom is 0.147 e. The highest BCUT2D eigenvalue weighted by Gasteiger charge is 2.44. The van der Waals surface area contributed by atoms with E-state index in [0.29, 0.717) is 18.1 Å². The van der Waals surface area contributed by atoms with E-state index in [1.807, 2.05) is 24.8 Å². The van der Waals surface area contributed by atoms with Crippen LogP contribution in [0.3, 0.4) is 0 Å². The molecule has 1 aromatic rings. The monoisotopic (exact) mass is 304 g/mol. The summed E-state index contributed by atoms with van der Waals surface area (Å²) in [5.41, 5.74) is -0.599. The number of rotatable bonds is 2. The second-order valence-corrected chi connectivity index (χ2v) is 5.90. The van der Waals surface area contributed by atoms with E-state index in [-0.39, 0.29) is 5.92 Å². The molecular weight excluding hydrogens is 291 g/mol. The van der Waals surface area contributed by atoms with Gasteiger partial charge in [-0.25, -0.2) is 4.98 Å². The lowest BCUT2D eigenvalue weighted by Gasteiger charge is -2.49. The van der Waals surface area contributed by atoms with Crippen LogP contribution in [0.2, 0.25) is 5.02 Å². The van der Waals surface area contributed by atoms with Crippen LogP contribution in [0, 0.1) is 5.92 Å². The molecule has 0 unspecified atom stereocenters. The predicted octanol–water partition coefficient (Wildman–Crippen LogP) is 2.70. The first kappa shape index (κ1) is 12.1. The highest BCUT2D eigenvalue weighted by atomic mass is 79.9. The number of halogens is 2. The van der Waals surface area contributed by atoms with Gasteiger partial charge < -0.3 is 10.0 Å². The normalized spacial score (nSPS) is 18.8. The molecule has 16 heavy (non-hydrogen) atoms. The molecule has 1 aliphatic rings. The molecule has 0 aliphatic carbocycles. The van der Waals surface area contributed by atoms with Gasteiger partial charge in [0, 0.05) is 10.7 Å². The van der Waals surface area contributed by atoms with E-state index < -0.39 is 5.60 Å². The number of hydrogen-bond donors (Lipinski definition) is 1. The van der Waals surface area contributed by atoms with Crippen molar-refractivity contribution >= 4 is 33.3 Å². The molecule has 1 saturated heterocycles. The van der Waals surface area contributed by atoms with E-state index >= 15 is 0 Å². The Morgan fingerprint density at radius 1 is 1.56 bits per heavy atom. The fourth-order valence-electron chi connectivity index (χ4n) is 1.77. The van der Waals surface area contributed by atoms with E-state index in [0.717, 1.165) is 10.3 Å². The van der Waals surface area contributed by atoms with Crippen molar-refractivity contribution < 1.29 is 5.11 Å². The summed E-state index contributed by atoms with van der Waals surface area (Å²) in [5, 5.41) is 10.8. The Kier molecular flexibility index (Phi) is 3.16. The number of anilines is 1. The molecule has 2 heterocycles. The zero-order valence-corrected chi connectivity index (χ0v) is 11.6. The lowest BCUT2D eigenvalue weighted by atomic mass is 9.83. The third-order valence-electron chi connectivity index (χ3n) is 3.09. The van der Waals surface area contributed by atoms with Crippen molar-refractivity contribution in [1.82, 2.24) is 4.98 Å². The average Bonchev–Trinajstić information content (AvgIpc) is 2.13. The Morgan fingerprint density at radius 3 is 2.69 bits per heavy atom. The SMILES string of the molecule is CC(C)C1(O)CN(c2ncc(Br)cc2Cl)C1. The maximum atomic E-state index is 10.1. The number of pyridine rings is 1. The molecule has 88 valence electrons. The molecule has 0 radical (unpaired) electrons. The molecule has 0 aromatic carbocycles. The minimum absolute atomic E-state index is 0.248. The van der Waals surface area contributed by atoms with Crippen LogP contribution in [0.1, 0.15) is 13.8 Å². The standard InChI is InChI=1S/C11H14BrClN2O/c1-7(2)11(16)5-15(6-11)10-9(13)3-8(12)4-14-10/h3-4,7,16H,5-6H2,1-2H3. The van der Waals surface area contributed by atoms with Crippen molar-refractivity contribution in [3.8, 4) is 0 Å². The number of nitrogens with zero attached hydrogens (tertiary/aromatic N) is 2. The Balaban J connectivity index is 2.12. The third-order valence-corrected chi connectivity index (χ3v) is 3.80. The summed E-state index contributed by atoms with van der Waals surface area (Å²) in [4.78, 5) is 6.26. The zero-order valence-electron chi connectivity index (χ0n) is 9.24. The Hall–Kier alpha value is -0.320. The fourth-order valence-corrected chi connectivity index (χ4v) is 2.52. The van der Waals surface area contributed by atoms with Gasteiger partial charge in [-0.3, -0.25) is 0 Å². The van der Waals surface area contributed by atoms with Gasteiger partial charge in [0.25, 0.3) is 0 Å². The minimum atomic E-state index is -0.599. The van der Waals surface area contributed by atoms with Crippen LogP contribution in [0.5, 0.6) is 0 Å². The molecule has 0 spiro atoms. The van der Waals surface area contributed by atoms with Gasteiger partial charge in [0.05, 0.1) is 18.1 Å². The fraction of sp³-hybridized carbons (Fsp3) is 0.545. The number of aliphatic hydroxyl groups is 1. The van der Waals surface area contributed by atoms with E-state index in [1.54, 1.807) is 6.20 Å². The second kappa shape index (κ2) is 4.17. The van der Waals surface area contributed by atoms with Crippen LogP contribution >= 0.6 is 27.5 Å². The van der Waals surface area contributed by atoms with Crippen LogP contribution in [0.25, 0.3) is 0 Å². The van der Waals surface area contributed by atoms with Crippen molar-refractivity contribution in [2.45, 2.75) is 19.4 Å². The molecule has 1 fully saturated rings. The highest BCUT2D eigenvalue weighted by molar-refractivity contribution is 9.10. The van der Waals surface area contributed by atoms with Gasteiger partial charge in [-0.05, 0) is 27.9 Å². The summed E-state index contributed by atoms with van der Waals surface area (Å²) in [6.45, 7) is 5.24. The maximum absolute atomic E-state index is 10.1. The van der Waals surface area contributed by atoms with E-state index in [9.17, 15) is 5.11 Å². The largest absolute Gasteiger partial charge is 0.386 e. The summed E-state index contributed by atoms with van der Waals surface area (Å²) in [6, 6.07) is 1.82. The van der Waals surface area contributed by atoms with Crippen molar-refractivity contribution in [2.24, 2.45) is 5.92 Å². The lowest BCUT2D eigenvalue weighted by molar-refractivity contribution is -0.0304. The zero-order chi connectivity index (χ0) is 11.9. The van der Waals surface area contributed by atoms with E-state index in [1.165, 1.54) is 0 Å². The van der Waals surface area contributed by atoms with E-state index in [2.05, 4.69) is 20.9 Å². The van der Waals surface area contributed by atoms with Crippen molar-refractivity contribution in [3.63, 3.8) is 0 Å².